The first-order valence-electron chi connectivity index (χ1n) is 6.36. The number of para-hydroxylation sites is 1. The van der Waals surface area contributed by atoms with E-state index in [0.717, 1.165) is 12.2 Å². The average molecular weight is 250 g/mol. The maximum Gasteiger partial charge on any atom is 0.118 e. The summed E-state index contributed by atoms with van der Waals surface area (Å²) in [5, 5.41) is 1.28. The van der Waals surface area contributed by atoms with E-state index in [1.54, 1.807) is 7.11 Å². The van der Waals surface area contributed by atoms with Crippen molar-refractivity contribution in [1.29, 1.82) is 0 Å². The van der Waals surface area contributed by atoms with Crippen molar-refractivity contribution in [1.82, 2.24) is 4.57 Å². The molecule has 0 aliphatic carbocycles. The lowest BCUT2D eigenvalue weighted by Gasteiger charge is -2.02. The Balaban J connectivity index is 1.96. The van der Waals surface area contributed by atoms with Gasteiger partial charge >= 0.3 is 0 Å². The molecule has 0 bridgehead atoms. The van der Waals surface area contributed by atoms with E-state index in [-0.39, 0.29) is 0 Å². The lowest BCUT2D eigenvalue weighted by atomic mass is 10.0. The van der Waals surface area contributed by atoms with Crippen molar-refractivity contribution < 1.29 is 4.74 Å². The Hall–Kier alpha value is -2.22. The molecule has 0 atom stereocenters. The number of hydrogen-bond donors (Lipinski definition) is 0. The number of ether oxygens (including phenoxy) is 1. The molecular weight excluding hydrogens is 234 g/mol. The Morgan fingerprint density at radius 3 is 2.53 bits per heavy atom. The first kappa shape index (κ1) is 11.8. The zero-order valence-electron chi connectivity index (χ0n) is 11.2. The van der Waals surface area contributed by atoms with Crippen LogP contribution in [-0.4, -0.2) is 11.7 Å². The van der Waals surface area contributed by atoms with Crippen molar-refractivity contribution in [3.63, 3.8) is 0 Å². The molecule has 2 heteroatoms. The smallest absolute Gasteiger partial charge is 0.118 e. The van der Waals surface area contributed by atoms with Crippen LogP contribution in [-0.2, 0) is 13.5 Å². The molecular formula is C17H16NO. The molecule has 19 heavy (non-hydrogen) atoms. The Labute approximate surface area is 113 Å². The summed E-state index contributed by atoms with van der Waals surface area (Å²) in [7, 11) is 3.73. The number of rotatable bonds is 3. The topological polar surface area (TPSA) is 14.2 Å². The van der Waals surface area contributed by atoms with Gasteiger partial charge < -0.3 is 9.30 Å². The molecule has 0 aliphatic rings. The van der Waals surface area contributed by atoms with Gasteiger partial charge in [0, 0.05) is 24.4 Å². The van der Waals surface area contributed by atoms with Crippen LogP contribution in [0.5, 0.6) is 5.75 Å². The number of aromatic nitrogens is 1. The monoisotopic (exact) mass is 250 g/mol. The van der Waals surface area contributed by atoms with Gasteiger partial charge in [-0.05, 0) is 29.3 Å². The summed E-state index contributed by atoms with van der Waals surface area (Å²) in [5.74, 6) is 0.894. The highest BCUT2D eigenvalue weighted by atomic mass is 16.5. The fourth-order valence-electron chi connectivity index (χ4n) is 2.43. The highest BCUT2D eigenvalue weighted by Crippen LogP contribution is 2.23. The molecule has 1 aromatic heterocycles. The number of aryl methyl sites for hydroxylation is 1. The Morgan fingerprint density at radius 1 is 1.05 bits per heavy atom. The number of nitrogens with zero attached hydrogens (tertiary/aromatic N) is 1. The van der Waals surface area contributed by atoms with Crippen LogP contribution in [0.1, 0.15) is 11.1 Å². The molecule has 0 N–H and O–H groups in total. The SMILES string of the molecule is COc1ccc(Cc2[c]n(C)c3ccccc23)cc1. The van der Waals surface area contributed by atoms with Crippen molar-refractivity contribution in [2.75, 3.05) is 7.11 Å². The van der Waals surface area contributed by atoms with Crippen LogP contribution < -0.4 is 4.74 Å². The van der Waals surface area contributed by atoms with Gasteiger partial charge in [0.1, 0.15) is 5.75 Å². The molecule has 0 amide bonds. The highest BCUT2D eigenvalue weighted by Gasteiger charge is 2.07. The molecule has 1 radical (unpaired) electrons. The molecule has 0 aliphatic heterocycles. The van der Waals surface area contributed by atoms with Crippen molar-refractivity contribution >= 4 is 10.9 Å². The van der Waals surface area contributed by atoms with Crippen LogP contribution in [0.3, 0.4) is 0 Å². The van der Waals surface area contributed by atoms with E-state index in [1.807, 2.05) is 19.2 Å². The molecule has 0 spiro atoms. The summed E-state index contributed by atoms with van der Waals surface area (Å²) in [5.41, 5.74) is 3.74. The minimum Gasteiger partial charge on any atom is -0.497 e. The Bertz CT molecular complexity index is 695. The summed E-state index contributed by atoms with van der Waals surface area (Å²) < 4.78 is 7.25. The van der Waals surface area contributed by atoms with Crippen molar-refractivity contribution in [2.45, 2.75) is 6.42 Å². The van der Waals surface area contributed by atoms with Gasteiger partial charge in [0.25, 0.3) is 0 Å². The van der Waals surface area contributed by atoms with Crippen LogP contribution >= 0.6 is 0 Å². The van der Waals surface area contributed by atoms with Crippen LogP contribution in [0.25, 0.3) is 10.9 Å². The van der Waals surface area contributed by atoms with E-state index in [9.17, 15) is 0 Å². The number of fused-ring (bicyclic) bond motifs is 1. The van der Waals surface area contributed by atoms with Gasteiger partial charge in [-0.15, -0.1) is 0 Å². The lowest BCUT2D eigenvalue weighted by Crippen LogP contribution is -1.88. The van der Waals surface area contributed by atoms with E-state index >= 15 is 0 Å². The van der Waals surface area contributed by atoms with Crippen LogP contribution in [0.2, 0.25) is 0 Å². The highest BCUT2D eigenvalue weighted by molar-refractivity contribution is 5.83. The third-order valence-electron chi connectivity index (χ3n) is 3.43. The average Bonchev–Trinajstić information content (AvgIpc) is 2.77. The van der Waals surface area contributed by atoms with E-state index in [1.165, 1.54) is 22.0 Å². The standard InChI is InChI=1S/C17H16NO/c1-18-12-14(16-5-3-4-6-17(16)18)11-13-7-9-15(19-2)10-8-13/h3-10H,11H2,1-2H3. The van der Waals surface area contributed by atoms with E-state index in [2.05, 4.69) is 47.2 Å². The molecule has 1 heterocycles. The largest absolute Gasteiger partial charge is 0.497 e. The second-order valence-corrected chi connectivity index (χ2v) is 4.69. The molecule has 0 unspecified atom stereocenters. The lowest BCUT2D eigenvalue weighted by molar-refractivity contribution is 0.414. The quantitative estimate of drug-likeness (QED) is 0.693. The normalized spacial score (nSPS) is 10.8. The number of benzene rings is 2. The molecule has 3 aromatic rings. The van der Waals surface area contributed by atoms with Gasteiger partial charge in [0.05, 0.1) is 13.3 Å². The van der Waals surface area contributed by atoms with Gasteiger partial charge in [0.15, 0.2) is 0 Å². The van der Waals surface area contributed by atoms with E-state index < -0.39 is 0 Å². The third-order valence-corrected chi connectivity index (χ3v) is 3.43. The summed E-state index contributed by atoms with van der Waals surface area (Å²) in [6, 6.07) is 16.6. The fraction of sp³-hybridized carbons (Fsp3) is 0.176. The van der Waals surface area contributed by atoms with E-state index in [0.29, 0.717) is 0 Å². The van der Waals surface area contributed by atoms with Crippen LogP contribution in [0.15, 0.2) is 48.5 Å². The number of methoxy groups -OCH3 is 1. The Kier molecular flexibility index (Phi) is 3.00. The zero-order chi connectivity index (χ0) is 13.2. The molecule has 2 nitrogen and oxygen atoms in total. The summed E-state index contributed by atoms with van der Waals surface area (Å²) in [6.07, 6.45) is 4.31. The summed E-state index contributed by atoms with van der Waals surface area (Å²) >= 11 is 0. The molecule has 95 valence electrons. The zero-order valence-corrected chi connectivity index (χ0v) is 11.2. The van der Waals surface area contributed by atoms with E-state index in [4.69, 9.17) is 4.74 Å². The predicted octanol–water partition coefficient (Wildman–Crippen LogP) is 3.58. The molecule has 2 aromatic carbocycles. The molecule has 0 saturated heterocycles. The van der Waals surface area contributed by atoms with Gasteiger partial charge in [-0.2, -0.15) is 0 Å². The van der Waals surface area contributed by atoms with Crippen molar-refractivity contribution in [3.8, 4) is 5.75 Å². The van der Waals surface area contributed by atoms with Crippen molar-refractivity contribution in [2.24, 2.45) is 7.05 Å². The van der Waals surface area contributed by atoms with Crippen LogP contribution in [0.4, 0.5) is 0 Å². The third kappa shape index (κ3) is 2.22. The van der Waals surface area contributed by atoms with Gasteiger partial charge in [-0.25, -0.2) is 0 Å². The first-order valence-corrected chi connectivity index (χ1v) is 6.36. The minimum atomic E-state index is 0.894. The fourth-order valence-corrected chi connectivity index (χ4v) is 2.43. The minimum absolute atomic E-state index is 0.894. The molecule has 3 rings (SSSR count). The van der Waals surface area contributed by atoms with Gasteiger partial charge in [-0.3, -0.25) is 0 Å². The molecule has 0 fully saturated rings. The summed E-state index contributed by atoms with van der Waals surface area (Å²) in [4.78, 5) is 0. The van der Waals surface area contributed by atoms with Crippen molar-refractivity contribution in [3.05, 3.63) is 65.9 Å². The molecule has 0 saturated carbocycles. The number of hydrogen-bond acceptors (Lipinski definition) is 1. The summed E-state index contributed by atoms with van der Waals surface area (Å²) in [6.45, 7) is 0. The Morgan fingerprint density at radius 2 is 1.79 bits per heavy atom. The second kappa shape index (κ2) is 4.81. The second-order valence-electron chi connectivity index (χ2n) is 4.69. The van der Waals surface area contributed by atoms with Crippen LogP contribution in [0, 0.1) is 6.20 Å². The van der Waals surface area contributed by atoms with Gasteiger partial charge in [0.2, 0.25) is 0 Å². The maximum atomic E-state index is 5.18. The maximum absolute atomic E-state index is 5.18. The predicted molar refractivity (Wildman–Crippen MR) is 77.6 cm³/mol. The van der Waals surface area contributed by atoms with Gasteiger partial charge in [-0.1, -0.05) is 30.3 Å². The first-order chi connectivity index (χ1) is 9.28.